The highest BCUT2D eigenvalue weighted by Gasteiger charge is 2.54. The average Bonchev–Trinajstić information content (AvgIpc) is 3.73. The van der Waals surface area contributed by atoms with E-state index in [9.17, 15) is 19.8 Å². The number of benzene rings is 3. The number of carbonyl (C=O) groups excluding carboxylic acids is 2. The molecule has 0 bridgehead atoms. The van der Waals surface area contributed by atoms with Crippen LogP contribution in [0.25, 0.3) is 10.9 Å². The summed E-state index contributed by atoms with van der Waals surface area (Å²) in [5, 5.41) is 24.4. The third-order valence-corrected chi connectivity index (χ3v) is 8.61. The van der Waals surface area contributed by atoms with Gasteiger partial charge in [0.05, 0.1) is 30.1 Å². The summed E-state index contributed by atoms with van der Waals surface area (Å²) >= 11 is 0. The molecule has 4 N–H and O–H groups in total. The van der Waals surface area contributed by atoms with Crippen molar-refractivity contribution in [2.45, 2.75) is 18.3 Å². The van der Waals surface area contributed by atoms with E-state index in [-0.39, 0.29) is 18.4 Å². The molecule has 3 saturated heterocycles. The molecule has 3 fully saturated rings. The largest absolute Gasteiger partial charge is 0.495 e. The maximum Gasteiger partial charge on any atom is 0.495 e. The molecule has 0 aliphatic carbocycles. The number of ether oxygens (including phenoxy) is 1. The molecule has 3 aliphatic heterocycles. The lowest BCUT2D eigenvalue weighted by Gasteiger charge is -2.31. The van der Waals surface area contributed by atoms with E-state index in [0.29, 0.717) is 40.2 Å². The predicted octanol–water partition coefficient (Wildman–Crippen LogP) is 1.63. The van der Waals surface area contributed by atoms with E-state index in [2.05, 4.69) is 27.1 Å². The summed E-state index contributed by atoms with van der Waals surface area (Å²) in [6.07, 6.45) is -2.37. The second-order valence-electron chi connectivity index (χ2n) is 11.8. The monoisotopic (exact) mass is 623 g/mol. The Bertz CT molecular complexity index is 1770. The first-order valence-corrected chi connectivity index (χ1v) is 15.3. The van der Waals surface area contributed by atoms with Crippen molar-refractivity contribution in [1.29, 1.82) is 0 Å². The Labute approximate surface area is 265 Å². The number of carbonyl (C=O) groups is 2. The fourth-order valence-electron chi connectivity index (χ4n) is 6.12. The number of esters is 1. The number of H-pyrrole nitrogens is 1. The van der Waals surface area contributed by atoms with Crippen molar-refractivity contribution in [1.82, 2.24) is 14.8 Å². The number of aromatic hydroxyl groups is 1. The molecule has 1 unspecified atom stereocenters. The van der Waals surface area contributed by atoms with E-state index < -0.39 is 31.4 Å². The summed E-state index contributed by atoms with van der Waals surface area (Å²) < 4.78 is 16.9. The fraction of sp³-hybridized carbons (Fsp3) is 0.303. The maximum atomic E-state index is 12.7. The molecular weight excluding hydrogens is 589 g/mol. The minimum atomic E-state index is -0.904. The van der Waals surface area contributed by atoms with Crippen LogP contribution in [-0.4, -0.2) is 114 Å². The van der Waals surface area contributed by atoms with Crippen molar-refractivity contribution < 1.29 is 33.8 Å². The van der Waals surface area contributed by atoms with Crippen molar-refractivity contribution in [3.05, 3.63) is 83.9 Å². The van der Waals surface area contributed by atoms with Crippen LogP contribution in [0, 0.1) is 0 Å². The van der Waals surface area contributed by atoms with Crippen LogP contribution in [0.5, 0.6) is 5.88 Å². The van der Waals surface area contributed by atoms with Crippen LogP contribution in [0.15, 0.2) is 77.8 Å². The van der Waals surface area contributed by atoms with Crippen molar-refractivity contribution in [3.8, 4) is 5.88 Å². The second-order valence-corrected chi connectivity index (χ2v) is 11.8. The lowest BCUT2D eigenvalue weighted by Crippen LogP contribution is -2.47. The normalized spacial score (nSPS) is 22.3. The molecule has 1 aromatic heterocycles. The third-order valence-electron chi connectivity index (χ3n) is 8.61. The van der Waals surface area contributed by atoms with Crippen LogP contribution in [-0.2, 0) is 23.6 Å². The van der Waals surface area contributed by atoms with Crippen LogP contribution in [0.2, 0.25) is 0 Å². The number of hydrogen-bond acceptors (Lipinski definition) is 10. The molecule has 0 spiro atoms. The molecule has 3 atom stereocenters. The number of aromatic amines is 1. The number of piperazine rings is 1. The maximum absolute atomic E-state index is 12.7. The number of likely N-dealkylation sites (N-methyl/N-ethyl adjacent to an activating group) is 1. The van der Waals surface area contributed by atoms with Crippen molar-refractivity contribution >= 4 is 52.4 Å². The van der Waals surface area contributed by atoms with Gasteiger partial charge in [-0.3, -0.25) is 9.69 Å². The molecule has 12 nitrogen and oxygen atoms in total. The number of cyclic esters (lactones) is 1. The highest BCUT2D eigenvalue weighted by molar-refractivity contribution is 6.62. The fourth-order valence-corrected chi connectivity index (χ4v) is 6.12. The van der Waals surface area contributed by atoms with Crippen molar-refractivity contribution in [2.24, 2.45) is 4.99 Å². The Morgan fingerprint density at radius 1 is 1.04 bits per heavy atom. The van der Waals surface area contributed by atoms with Gasteiger partial charge in [-0.1, -0.05) is 42.5 Å². The minimum Gasteiger partial charge on any atom is -0.494 e. The van der Waals surface area contributed by atoms with E-state index in [1.165, 1.54) is 0 Å². The van der Waals surface area contributed by atoms with E-state index in [1.54, 1.807) is 6.07 Å². The molecule has 0 saturated carbocycles. The van der Waals surface area contributed by atoms with Crippen LogP contribution < -0.4 is 10.8 Å². The SMILES string of the molecule is CN1CCN(CC(=O)Nc2ccc(N=C(c3ccccc3)c3c(O)[nH]c4cc(B5O[C@@H]6C(=O)OC(CO)[C@H]6O5)ccc34)cc2)CC1. The summed E-state index contributed by atoms with van der Waals surface area (Å²) in [7, 11) is 1.25. The van der Waals surface area contributed by atoms with Crippen molar-refractivity contribution in [2.75, 3.05) is 51.7 Å². The number of aliphatic hydroxyl groups is 1. The zero-order valence-corrected chi connectivity index (χ0v) is 25.3. The molecule has 3 aromatic carbocycles. The van der Waals surface area contributed by atoms with Crippen LogP contribution >= 0.6 is 0 Å². The number of nitrogens with one attached hydrogen (secondary N) is 2. The quantitative estimate of drug-likeness (QED) is 0.131. The summed E-state index contributed by atoms with van der Waals surface area (Å²) in [5.41, 5.74) is 4.47. The van der Waals surface area contributed by atoms with Crippen LogP contribution in [0.3, 0.4) is 0 Å². The smallest absolute Gasteiger partial charge is 0.494 e. The zero-order valence-electron chi connectivity index (χ0n) is 25.3. The molecule has 0 radical (unpaired) electrons. The molecule has 1 amide bonds. The number of aliphatic imine (C=N–C) groups is 1. The van der Waals surface area contributed by atoms with Gasteiger partial charge in [-0.15, -0.1) is 0 Å². The summed E-state index contributed by atoms with van der Waals surface area (Å²) in [6, 6.07) is 22.3. The summed E-state index contributed by atoms with van der Waals surface area (Å²) in [4.78, 5) is 37.2. The number of aromatic nitrogens is 1. The number of rotatable bonds is 8. The first kappa shape index (κ1) is 30.1. The number of amides is 1. The average molecular weight is 623 g/mol. The lowest BCUT2D eigenvalue weighted by atomic mass is 9.79. The Kier molecular flexibility index (Phi) is 8.32. The third kappa shape index (κ3) is 6.03. The van der Waals surface area contributed by atoms with E-state index in [1.807, 2.05) is 66.7 Å². The number of hydrogen-bond donors (Lipinski definition) is 4. The molecular formula is C33H34BN5O7. The molecule has 3 aliphatic rings. The van der Waals surface area contributed by atoms with Gasteiger partial charge in [0.2, 0.25) is 5.91 Å². The Morgan fingerprint density at radius 2 is 1.80 bits per heavy atom. The van der Waals surface area contributed by atoms with Gasteiger partial charge in [0.1, 0.15) is 6.10 Å². The molecule has 7 rings (SSSR count). The van der Waals surface area contributed by atoms with E-state index in [4.69, 9.17) is 19.0 Å². The highest BCUT2D eigenvalue weighted by Crippen LogP contribution is 2.33. The molecule has 236 valence electrons. The Hall–Kier alpha value is -4.53. The highest BCUT2D eigenvalue weighted by atomic mass is 16.7. The lowest BCUT2D eigenvalue weighted by molar-refractivity contribution is -0.148. The van der Waals surface area contributed by atoms with Gasteiger partial charge in [-0.2, -0.15) is 0 Å². The Morgan fingerprint density at radius 3 is 2.54 bits per heavy atom. The van der Waals surface area contributed by atoms with E-state index in [0.717, 1.165) is 37.1 Å². The number of fused-ring (bicyclic) bond motifs is 2. The van der Waals surface area contributed by atoms with Crippen LogP contribution in [0.1, 0.15) is 11.1 Å². The summed E-state index contributed by atoms with van der Waals surface area (Å²) in [6.45, 7) is 3.63. The van der Waals surface area contributed by atoms with Gasteiger partial charge < -0.3 is 39.5 Å². The molecule has 4 heterocycles. The van der Waals surface area contributed by atoms with Gasteiger partial charge in [-0.05, 0) is 42.8 Å². The van der Waals surface area contributed by atoms with Gasteiger partial charge in [-0.25, -0.2) is 9.79 Å². The Balaban J connectivity index is 1.14. The second kappa shape index (κ2) is 12.7. The predicted molar refractivity (Wildman–Crippen MR) is 173 cm³/mol. The molecule has 46 heavy (non-hydrogen) atoms. The zero-order chi connectivity index (χ0) is 31.8. The molecule has 4 aromatic rings. The minimum absolute atomic E-state index is 0.0568. The standard InChI is InChI=1S/C33H34BN5O7/c1-38-13-15-39(16-14-38)18-27(41)35-22-8-10-23(11-9-22)36-29(20-5-3-2-4-6-20)28-24-12-7-21(17-25(24)37-32(28)42)34-45-30-26(19-40)44-33(43)31(30)46-34/h2-12,17,26,30-31,37,40,42H,13-16,18-19H2,1H3,(H,35,41)/t26?,30-,31+/m1/s1. The number of nitrogens with zero attached hydrogens (tertiary/aromatic N) is 3. The number of anilines is 1. The topological polar surface area (TPSA) is 149 Å². The van der Waals surface area contributed by atoms with Gasteiger partial charge in [0.25, 0.3) is 0 Å². The van der Waals surface area contributed by atoms with E-state index >= 15 is 0 Å². The van der Waals surface area contributed by atoms with Crippen molar-refractivity contribution in [3.63, 3.8) is 0 Å². The molecule has 13 heteroatoms. The summed E-state index contributed by atoms with van der Waals surface area (Å²) in [5.74, 6) is -0.674. The van der Waals surface area contributed by atoms with Gasteiger partial charge in [0, 0.05) is 48.3 Å². The first-order chi connectivity index (χ1) is 22.4. The first-order valence-electron chi connectivity index (χ1n) is 15.3. The van der Waals surface area contributed by atoms with Crippen LogP contribution in [0.4, 0.5) is 11.4 Å². The van der Waals surface area contributed by atoms with Gasteiger partial charge >= 0.3 is 13.1 Å². The number of aliphatic hydroxyl groups excluding tert-OH is 1. The van der Waals surface area contributed by atoms with Gasteiger partial charge in [0.15, 0.2) is 18.1 Å².